The maximum absolute atomic E-state index is 12.3. The van der Waals surface area contributed by atoms with Crippen molar-refractivity contribution in [2.24, 2.45) is 5.10 Å². The van der Waals surface area contributed by atoms with Crippen LogP contribution < -0.4 is 10.7 Å². The van der Waals surface area contributed by atoms with Crippen LogP contribution in [0.25, 0.3) is 10.8 Å². The Labute approximate surface area is 178 Å². The van der Waals surface area contributed by atoms with Gasteiger partial charge in [0, 0.05) is 10.7 Å². The largest absolute Gasteiger partial charge is 0.324 e. The van der Waals surface area contributed by atoms with Gasteiger partial charge >= 0.3 is 0 Å². The molecule has 0 unspecified atom stereocenters. The van der Waals surface area contributed by atoms with Gasteiger partial charge in [0.2, 0.25) is 11.8 Å². The Morgan fingerprint density at radius 1 is 0.966 bits per heavy atom. The van der Waals surface area contributed by atoms with Crippen LogP contribution in [-0.4, -0.2) is 17.5 Å². The molecule has 0 bridgehead atoms. The second-order valence-electron chi connectivity index (χ2n) is 6.55. The van der Waals surface area contributed by atoms with Crippen LogP contribution in [0.1, 0.15) is 18.9 Å². The Morgan fingerprint density at radius 2 is 1.72 bits per heavy atom. The van der Waals surface area contributed by atoms with E-state index in [0.717, 1.165) is 16.3 Å². The maximum Gasteiger partial charge on any atom is 0.244 e. The molecule has 0 saturated carbocycles. The number of hydrazone groups is 1. The molecule has 2 N–H and O–H groups in total. The number of rotatable bonds is 6. The molecule has 0 aliphatic heterocycles. The predicted octanol–water partition coefficient (Wildman–Crippen LogP) is 5.21. The lowest BCUT2D eigenvalue weighted by molar-refractivity contribution is -0.120. The molecule has 3 rings (SSSR count). The van der Waals surface area contributed by atoms with Crippen LogP contribution >= 0.6 is 23.2 Å². The van der Waals surface area contributed by atoms with Gasteiger partial charge in [0.25, 0.3) is 0 Å². The normalized spacial score (nSPS) is 11.3. The highest BCUT2D eigenvalue weighted by Crippen LogP contribution is 2.25. The van der Waals surface area contributed by atoms with Crippen molar-refractivity contribution in [3.05, 3.63) is 76.3 Å². The van der Waals surface area contributed by atoms with Gasteiger partial charge in [-0.3, -0.25) is 9.59 Å². The topological polar surface area (TPSA) is 70.6 Å². The number of amides is 2. The summed E-state index contributed by atoms with van der Waals surface area (Å²) < 4.78 is 0. The molecule has 3 aromatic carbocycles. The fraction of sp³-hybridized carbons (Fsp3) is 0.136. The minimum absolute atomic E-state index is 0.0213. The summed E-state index contributed by atoms with van der Waals surface area (Å²) in [5.74, 6) is -0.541. The predicted molar refractivity (Wildman–Crippen MR) is 119 cm³/mol. The molecular formula is C22H19Cl2N3O2. The van der Waals surface area contributed by atoms with Crippen LogP contribution in [-0.2, 0) is 16.0 Å². The number of carbonyl (C=O) groups excluding carboxylic acids is 2. The molecule has 2 amide bonds. The van der Waals surface area contributed by atoms with Gasteiger partial charge in [-0.2, -0.15) is 5.10 Å². The lowest BCUT2D eigenvalue weighted by Gasteiger charge is -2.08. The number of fused-ring (bicyclic) bond motifs is 1. The summed E-state index contributed by atoms with van der Waals surface area (Å²) in [4.78, 5) is 24.4. The smallest absolute Gasteiger partial charge is 0.244 e. The van der Waals surface area contributed by atoms with Crippen molar-refractivity contribution in [2.75, 3.05) is 5.32 Å². The van der Waals surface area contributed by atoms with Gasteiger partial charge < -0.3 is 5.32 Å². The Kier molecular flexibility index (Phi) is 6.86. The minimum Gasteiger partial charge on any atom is -0.324 e. The van der Waals surface area contributed by atoms with Crippen molar-refractivity contribution in [1.82, 2.24) is 5.43 Å². The third kappa shape index (κ3) is 5.79. The number of halogens is 2. The van der Waals surface area contributed by atoms with Gasteiger partial charge in [-0.25, -0.2) is 5.43 Å². The number of benzene rings is 3. The molecule has 0 saturated heterocycles. The summed E-state index contributed by atoms with van der Waals surface area (Å²) in [6.45, 7) is 1.67. The number of anilines is 1. The van der Waals surface area contributed by atoms with Gasteiger partial charge in [0.1, 0.15) is 0 Å². The van der Waals surface area contributed by atoms with E-state index in [-0.39, 0.29) is 24.7 Å². The Bertz CT molecular complexity index is 1090. The molecule has 0 aliphatic rings. The summed E-state index contributed by atoms with van der Waals surface area (Å²) in [7, 11) is 0. The average molecular weight is 428 g/mol. The van der Waals surface area contributed by atoms with Crippen molar-refractivity contribution >= 4 is 57.2 Å². The molecule has 0 aliphatic carbocycles. The van der Waals surface area contributed by atoms with Crippen LogP contribution in [0.2, 0.25) is 10.0 Å². The van der Waals surface area contributed by atoms with Crippen LogP contribution in [0, 0.1) is 0 Å². The zero-order valence-corrected chi connectivity index (χ0v) is 17.2. The molecule has 0 aromatic heterocycles. The van der Waals surface area contributed by atoms with E-state index in [4.69, 9.17) is 23.2 Å². The Morgan fingerprint density at radius 3 is 2.52 bits per heavy atom. The van der Waals surface area contributed by atoms with Crippen LogP contribution in [0.15, 0.2) is 65.8 Å². The van der Waals surface area contributed by atoms with E-state index >= 15 is 0 Å². The SMILES string of the molecule is C/C(CC(=O)Nc1ccc(Cl)cc1Cl)=N/NC(=O)Cc1cccc2ccccc12. The van der Waals surface area contributed by atoms with Gasteiger partial charge in [-0.1, -0.05) is 65.7 Å². The lowest BCUT2D eigenvalue weighted by Crippen LogP contribution is -2.23. The van der Waals surface area contributed by atoms with E-state index < -0.39 is 0 Å². The molecular weight excluding hydrogens is 409 g/mol. The molecule has 0 atom stereocenters. The van der Waals surface area contributed by atoms with E-state index in [9.17, 15) is 9.59 Å². The van der Waals surface area contributed by atoms with Crippen LogP contribution in [0.4, 0.5) is 5.69 Å². The van der Waals surface area contributed by atoms with Crippen LogP contribution in [0.3, 0.4) is 0 Å². The van der Waals surface area contributed by atoms with Gasteiger partial charge in [-0.15, -0.1) is 0 Å². The summed E-state index contributed by atoms with van der Waals surface area (Å²) >= 11 is 11.9. The standard InChI is InChI=1S/C22H19Cl2N3O2/c1-14(11-21(28)25-20-10-9-17(23)13-19(20)24)26-27-22(29)12-16-7-4-6-15-5-2-3-8-18(15)16/h2-10,13H,11-12H2,1H3,(H,25,28)(H,27,29)/b26-14-. The van der Waals surface area contributed by atoms with E-state index in [0.29, 0.717) is 21.4 Å². The highest BCUT2D eigenvalue weighted by Gasteiger charge is 2.09. The molecule has 7 heteroatoms. The summed E-state index contributed by atoms with van der Waals surface area (Å²) in [6, 6.07) is 18.5. The van der Waals surface area contributed by atoms with Gasteiger partial charge in [-0.05, 0) is 41.5 Å². The Hall–Kier alpha value is -2.89. The number of hydrogen-bond donors (Lipinski definition) is 2. The molecule has 0 spiro atoms. The van der Waals surface area contributed by atoms with Crippen molar-refractivity contribution in [1.29, 1.82) is 0 Å². The van der Waals surface area contributed by atoms with Gasteiger partial charge in [0.15, 0.2) is 0 Å². The molecule has 5 nitrogen and oxygen atoms in total. The van der Waals surface area contributed by atoms with Crippen molar-refractivity contribution < 1.29 is 9.59 Å². The number of nitrogens with one attached hydrogen (secondary N) is 2. The van der Waals surface area contributed by atoms with E-state index in [1.165, 1.54) is 0 Å². The molecule has 3 aromatic rings. The summed E-state index contributed by atoms with van der Waals surface area (Å²) in [6.07, 6.45) is 0.220. The van der Waals surface area contributed by atoms with Crippen LogP contribution in [0.5, 0.6) is 0 Å². The molecule has 0 heterocycles. The summed E-state index contributed by atoms with van der Waals surface area (Å²) in [5, 5.41) is 9.66. The van der Waals surface area contributed by atoms with Crippen molar-refractivity contribution in [3.8, 4) is 0 Å². The monoisotopic (exact) mass is 427 g/mol. The maximum atomic E-state index is 12.3. The first kappa shape index (κ1) is 20.8. The minimum atomic E-state index is -0.293. The quantitative estimate of drug-likeness (QED) is 0.418. The first-order valence-electron chi connectivity index (χ1n) is 8.96. The third-order valence-corrected chi connectivity index (χ3v) is 4.77. The van der Waals surface area contributed by atoms with Crippen molar-refractivity contribution in [2.45, 2.75) is 19.8 Å². The molecule has 29 heavy (non-hydrogen) atoms. The zero-order valence-electron chi connectivity index (χ0n) is 15.7. The second-order valence-corrected chi connectivity index (χ2v) is 7.39. The first-order valence-corrected chi connectivity index (χ1v) is 9.71. The average Bonchev–Trinajstić information content (AvgIpc) is 2.69. The fourth-order valence-electron chi connectivity index (χ4n) is 2.87. The molecule has 148 valence electrons. The summed E-state index contributed by atoms with van der Waals surface area (Å²) in [5.41, 5.74) is 4.37. The number of carbonyl (C=O) groups is 2. The van der Waals surface area contributed by atoms with E-state index in [1.54, 1.807) is 25.1 Å². The highest BCUT2D eigenvalue weighted by molar-refractivity contribution is 6.36. The molecule has 0 fully saturated rings. The Balaban J connectivity index is 1.56. The first-order chi connectivity index (χ1) is 13.9. The number of nitrogens with zero attached hydrogens (tertiary/aromatic N) is 1. The second kappa shape index (κ2) is 9.54. The molecule has 0 radical (unpaired) electrons. The fourth-order valence-corrected chi connectivity index (χ4v) is 3.33. The van der Waals surface area contributed by atoms with Gasteiger partial charge in [0.05, 0.1) is 23.6 Å². The highest BCUT2D eigenvalue weighted by atomic mass is 35.5. The van der Waals surface area contributed by atoms with E-state index in [1.807, 2.05) is 42.5 Å². The van der Waals surface area contributed by atoms with Crippen molar-refractivity contribution in [3.63, 3.8) is 0 Å². The third-order valence-electron chi connectivity index (χ3n) is 4.22. The number of hydrogen-bond acceptors (Lipinski definition) is 3. The van der Waals surface area contributed by atoms with E-state index in [2.05, 4.69) is 15.8 Å². The zero-order chi connectivity index (χ0) is 20.8. The lowest BCUT2D eigenvalue weighted by atomic mass is 10.0.